The van der Waals surface area contributed by atoms with Gasteiger partial charge in [-0.05, 0) is 48.5 Å². The molecule has 3 aromatic rings. The molecule has 0 radical (unpaired) electrons. The van der Waals surface area contributed by atoms with E-state index in [1.165, 1.54) is 0 Å². The third-order valence-corrected chi connectivity index (χ3v) is 4.00. The van der Waals surface area contributed by atoms with Crippen LogP contribution in [-0.4, -0.2) is 26.7 Å². The standard InChI is InChI=1S/C22H21NO4/c1-23(22(24)16-26-21-11-7-6-10-20(21)25-2)17-12-14-19(15-13-17)27-18-8-4-3-5-9-18/h3-15H,16H2,1-2H3. The van der Waals surface area contributed by atoms with Gasteiger partial charge in [-0.1, -0.05) is 30.3 Å². The molecular weight excluding hydrogens is 342 g/mol. The van der Waals surface area contributed by atoms with Crippen LogP contribution in [0, 0.1) is 0 Å². The Bertz CT molecular complexity index is 878. The summed E-state index contributed by atoms with van der Waals surface area (Å²) in [5.41, 5.74) is 0.754. The van der Waals surface area contributed by atoms with E-state index >= 15 is 0 Å². The zero-order valence-electron chi connectivity index (χ0n) is 15.3. The van der Waals surface area contributed by atoms with E-state index in [2.05, 4.69) is 0 Å². The molecule has 1 amide bonds. The minimum atomic E-state index is -0.169. The summed E-state index contributed by atoms with van der Waals surface area (Å²) >= 11 is 0. The van der Waals surface area contributed by atoms with Crippen molar-refractivity contribution in [2.45, 2.75) is 0 Å². The summed E-state index contributed by atoms with van der Waals surface area (Å²) in [5.74, 6) is 2.43. The van der Waals surface area contributed by atoms with Crippen LogP contribution >= 0.6 is 0 Å². The average molecular weight is 363 g/mol. The summed E-state index contributed by atoms with van der Waals surface area (Å²) in [6, 6.07) is 24.1. The Morgan fingerprint density at radius 3 is 2.07 bits per heavy atom. The van der Waals surface area contributed by atoms with Gasteiger partial charge < -0.3 is 19.1 Å². The number of benzene rings is 3. The predicted molar refractivity (Wildman–Crippen MR) is 105 cm³/mol. The Hall–Kier alpha value is -3.47. The first kappa shape index (κ1) is 18.3. The van der Waals surface area contributed by atoms with Crippen LogP contribution in [0.25, 0.3) is 0 Å². The molecule has 0 heterocycles. The maximum Gasteiger partial charge on any atom is 0.264 e. The fourth-order valence-corrected chi connectivity index (χ4v) is 2.48. The number of carbonyl (C=O) groups is 1. The van der Waals surface area contributed by atoms with Gasteiger partial charge in [0.15, 0.2) is 18.1 Å². The Kier molecular flexibility index (Phi) is 5.94. The molecule has 0 N–H and O–H groups in total. The SMILES string of the molecule is COc1ccccc1OCC(=O)N(C)c1ccc(Oc2ccccc2)cc1. The molecular formula is C22H21NO4. The fraction of sp³-hybridized carbons (Fsp3) is 0.136. The second-order valence-electron chi connectivity index (χ2n) is 5.80. The number of nitrogens with zero attached hydrogens (tertiary/aromatic N) is 1. The lowest BCUT2D eigenvalue weighted by atomic mass is 10.2. The van der Waals surface area contributed by atoms with E-state index in [0.717, 1.165) is 11.4 Å². The second-order valence-corrected chi connectivity index (χ2v) is 5.80. The summed E-state index contributed by atoms with van der Waals surface area (Å²) in [4.78, 5) is 14.0. The van der Waals surface area contributed by atoms with Gasteiger partial charge in [0, 0.05) is 12.7 Å². The molecule has 5 heteroatoms. The molecule has 0 spiro atoms. The topological polar surface area (TPSA) is 48.0 Å². The summed E-state index contributed by atoms with van der Waals surface area (Å²) < 4.78 is 16.6. The monoisotopic (exact) mass is 363 g/mol. The maximum absolute atomic E-state index is 12.4. The van der Waals surface area contributed by atoms with Gasteiger partial charge in [-0.25, -0.2) is 0 Å². The van der Waals surface area contributed by atoms with Gasteiger partial charge in [0.25, 0.3) is 5.91 Å². The predicted octanol–water partition coefficient (Wildman–Crippen LogP) is 4.53. The molecule has 27 heavy (non-hydrogen) atoms. The van der Waals surface area contributed by atoms with Crippen LogP contribution in [0.1, 0.15) is 0 Å². The molecule has 0 aliphatic rings. The Balaban J connectivity index is 1.59. The molecule has 0 atom stereocenters. The number of amides is 1. The first-order chi connectivity index (χ1) is 13.2. The molecule has 0 aliphatic carbocycles. The first-order valence-electron chi connectivity index (χ1n) is 8.52. The highest BCUT2D eigenvalue weighted by atomic mass is 16.5. The molecule has 0 aliphatic heterocycles. The lowest BCUT2D eigenvalue weighted by molar-refractivity contribution is -0.120. The van der Waals surface area contributed by atoms with E-state index in [9.17, 15) is 4.79 Å². The average Bonchev–Trinajstić information content (AvgIpc) is 2.73. The largest absolute Gasteiger partial charge is 0.493 e. The van der Waals surface area contributed by atoms with E-state index in [1.807, 2.05) is 66.7 Å². The fourth-order valence-electron chi connectivity index (χ4n) is 2.48. The van der Waals surface area contributed by atoms with Crippen LogP contribution in [0.5, 0.6) is 23.0 Å². The second kappa shape index (κ2) is 8.76. The number of methoxy groups -OCH3 is 1. The number of ether oxygens (including phenoxy) is 3. The highest BCUT2D eigenvalue weighted by Crippen LogP contribution is 2.26. The smallest absolute Gasteiger partial charge is 0.264 e. The van der Waals surface area contributed by atoms with Gasteiger partial charge in [-0.15, -0.1) is 0 Å². The van der Waals surface area contributed by atoms with Crippen LogP contribution in [0.3, 0.4) is 0 Å². The van der Waals surface area contributed by atoms with Crippen molar-refractivity contribution in [1.82, 2.24) is 0 Å². The van der Waals surface area contributed by atoms with Crippen LogP contribution in [0.2, 0.25) is 0 Å². The van der Waals surface area contributed by atoms with Crippen LogP contribution < -0.4 is 19.1 Å². The number of rotatable bonds is 7. The van der Waals surface area contributed by atoms with Crippen molar-refractivity contribution in [2.75, 3.05) is 25.7 Å². The molecule has 0 saturated heterocycles. The first-order valence-corrected chi connectivity index (χ1v) is 8.52. The maximum atomic E-state index is 12.4. The van der Waals surface area contributed by atoms with Crippen LogP contribution in [0.4, 0.5) is 5.69 Å². The lowest BCUT2D eigenvalue weighted by Crippen LogP contribution is -2.31. The molecule has 3 rings (SSSR count). The highest BCUT2D eigenvalue weighted by molar-refractivity contribution is 5.94. The van der Waals surface area contributed by atoms with Gasteiger partial charge in [0.05, 0.1) is 7.11 Å². The van der Waals surface area contributed by atoms with Crippen molar-refractivity contribution in [1.29, 1.82) is 0 Å². The van der Waals surface area contributed by atoms with E-state index in [0.29, 0.717) is 17.2 Å². The Morgan fingerprint density at radius 2 is 1.41 bits per heavy atom. The number of likely N-dealkylation sites (N-methyl/N-ethyl adjacent to an activating group) is 1. The molecule has 5 nitrogen and oxygen atoms in total. The quantitative estimate of drug-likeness (QED) is 0.619. The summed E-state index contributed by atoms with van der Waals surface area (Å²) in [7, 11) is 3.27. The zero-order chi connectivity index (χ0) is 19.1. The molecule has 0 bridgehead atoms. The highest BCUT2D eigenvalue weighted by Gasteiger charge is 2.13. The summed E-state index contributed by atoms with van der Waals surface area (Å²) in [5, 5.41) is 0. The van der Waals surface area contributed by atoms with Crippen molar-refractivity contribution in [3.63, 3.8) is 0 Å². The molecule has 138 valence electrons. The van der Waals surface area contributed by atoms with Crippen LogP contribution in [-0.2, 0) is 4.79 Å². The van der Waals surface area contributed by atoms with Crippen LogP contribution in [0.15, 0.2) is 78.9 Å². The van der Waals surface area contributed by atoms with Gasteiger partial charge in [-0.2, -0.15) is 0 Å². The van der Waals surface area contributed by atoms with E-state index in [-0.39, 0.29) is 12.5 Å². The lowest BCUT2D eigenvalue weighted by Gasteiger charge is -2.18. The molecule has 3 aromatic carbocycles. The minimum absolute atomic E-state index is 0.0842. The Labute approximate surface area is 158 Å². The van der Waals surface area contributed by atoms with Crippen molar-refractivity contribution < 1.29 is 19.0 Å². The number of anilines is 1. The van der Waals surface area contributed by atoms with Gasteiger partial charge in [0.2, 0.25) is 0 Å². The summed E-state index contributed by atoms with van der Waals surface area (Å²) in [6.07, 6.45) is 0. The van der Waals surface area contributed by atoms with Crippen molar-refractivity contribution in [3.05, 3.63) is 78.9 Å². The van der Waals surface area contributed by atoms with Crippen molar-refractivity contribution >= 4 is 11.6 Å². The molecule has 0 aromatic heterocycles. The number of carbonyl (C=O) groups excluding carboxylic acids is 1. The van der Waals surface area contributed by atoms with E-state index < -0.39 is 0 Å². The molecule has 0 unspecified atom stereocenters. The van der Waals surface area contributed by atoms with Gasteiger partial charge in [0.1, 0.15) is 11.5 Å². The third kappa shape index (κ3) is 4.79. The Morgan fingerprint density at radius 1 is 0.815 bits per heavy atom. The zero-order valence-corrected chi connectivity index (χ0v) is 15.3. The van der Waals surface area contributed by atoms with Gasteiger partial charge >= 0.3 is 0 Å². The normalized spacial score (nSPS) is 10.1. The number of hydrogen-bond acceptors (Lipinski definition) is 4. The molecule has 0 saturated carbocycles. The van der Waals surface area contributed by atoms with Crippen molar-refractivity contribution in [2.24, 2.45) is 0 Å². The van der Waals surface area contributed by atoms with E-state index in [4.69, 9.17) is 14.2 Å². The van der Waals surface area contributed by atoms with Crippen molar-refractivity contribution in [3.8, 4) is 23.0 Å². The number of hydrogen-bond donors (Lipinski definition) is 0. The summed E-state index contributed by atoms with van der Waals surface area (Å²) in [6.45, 7) is -0.0842. The molecule has 0 fully saturated rings. The third-order valence-electron chi connectivity index (χ3n) is 4.00. The van der Waals surface area contributed by atoms with E-state index in [1.54, 1.807) is 31.2 Å². The van der Waals surface area contributed by atoms with Gasteiger partial charge in [-0.3, -0.25) is 4.79 Å². The number of para-hydroxylation sites is 3. The minimum Gasteiger partial charge on any atom is -0.493 e.